The largest absolute Gasteiger partial charge is 1.00 e. The van der Waals surface area contributed by atoms with Crippen LogP contribution in [0.15, 0.2) is 82.6 Å². The molecule has 0 unspecified atom stereocenters. The normalized spacial score (nSPS) is 14.1. The number of benzene rings is 3. The monoisotopic (exact) mass is 701 g/mol. The molecule has 0 N–H and O–H groups in total. The van der Waals surface area contributed by atoms with Crippen molar-refractivity contribution in [3.05, 3.63) is 95.2 Å². The molecule has 0 atom stereocenters. The molecule has 0 amide bonds. The third-order valence-corrected chi connectivity index (χ3v) is 9.12. The van der Waals surface area contributed by atoms with Gasteiger partial charge in [0.1, 0.15) is 0 Å². The van der Waals surface area contributed by atoms with Gasteiger partial charge in [0.05, 0.1) is 49.4 Å². The van der Waals surface area contributed by atoms with Gasteiger partial charge >= 0.3 is 57.3 Å². The number of hydrogen-bond donors (Lipinski definition) is 0. The molecule has 0 fully saturated rings. The summed E-state index contributed by atoms with van der Waals surface area (Å²) < 4.78 is 82.6. The van der Waals surface area contributed by atoms with Crippen LogP contribution in [0.4, 0.5) is 5.69 Å². The molecule has 5 rings (SSSR count). The molecule has 1 aliphatic heterocycles. The molecule has 0 saturated heterocycles. The molecule has 0 radical (unpaired) electrons. The van der Waals surface area contributed by atoms with Crippen molar-refractivity contribution in [2.75, 3.05) is 23.0 Å². The molecule has 11 nitrogen and oxygen atoms in total. The molecule has 1 aliphatic rings. The molecule has 0 saturated carbocycles. The van der Waals surface area contributed by atoms with Crippen LogP contribution in [0, 0.1) is 18.3 Å². The van der Waals surface area contributed by atoms with Crippen LogP contribution in [-0.2, 0) is 26.8 Å². The number of aromatic nitrogens is 1. The Hall–Kier alpha value is -2.84. The van der Waals surface area contributed by atoms with Crippen molar-refractivity contribution in [2.45, 2.75) is 39.7 Å². The van der Waals surface area contributed by atoms with Crippen LogP contribution in [0.5, 0.6) is 5.75 Å². The number of nitrogens with zero attached hydrogens (tertiary/aromatic N) is 3. The van der Waals surface area contributed by atoms with Crippen molar-refractivity contribution in [1.82, 2.24) is 0 Å². The van der Waals surface area contributed by atoms with Crippen LogP contribution in [0.2, 0.25) is 0 Å². The van der Waals surface area contributed by atoms with Gasteiger partial charge in [-0.05, 0) is 54.2 Å². The Bertz CT molecular complexity index is 2100. The zero-order valence-electron chi connectivity index (χ0n) is 26.3. The zero-order chi connectivity index (χ0) is 33.1. The Morgan fingerprint density at radius 3 is 2.36 bits per heavy atom. The first-order valence-corrected chi connectivity index (χ1v) is 17.8. The predicted molar refractivity (Wildman–Crippen MR) is 170 cm³/mol. The fraction of sp³-hybridized carbons (Fsp3) is 0.273. The van der Waals surface area contributed by atoms with Gasteiger partial charge in [0.2, 0.25) is 11.5 Å². The summed E-state index contributed by atoms with van der Waals surface area (Å²) in [5, 5.41) is 9.54. The smallest absolute Gasteiger partial charge is 0.748 e. The van der Waals surface area contributed by atoms with Crippen LogP contribution in [0.25, 0.3) is 28.3 Å². The Balaban J connectivity index is 0.00000500. The number of rotatable bonds is 12. The molecule has 0 aliphatic carbocycles. The van der Waals surface area contributed by atoms with E-state index in [1.54, 1.807) is 29.2 Å². The number of anilines is 1. The summed E-state index contributed by atoms with van der Waals surface area (Å²) in [6.07, 6.45) is 4.63. The van der Waals surface area contributed by atoms with Gasteiger partial charge in [-0.3, -0.25) is 0 Å². The molecular weight excluding hydrogens is 670 g/mol. The minimum absolute atomic E-state index is 0. The van der Waals surface area contributed by atoms with Crippen LogP contribution in [0.1, 0.15) is 43.2 Å². The summed E-state index contributed by atoms with van der Waals surface area (Å²) in [5.74, 6) is 0.173. The SMILES string of the molecule is CCC(=Cc1oc2cc(C#N)c(C)cc2[n+]1CCCCS(=O)(=O)[O-])C=C1Oc2ccc(-c3ccccc3)cc2N1CCS(=O)(=O)[O-].[K+]. The molecule has 3 aromatic carbocycles. The zero-order valence-corrected chi connectivity index (χ0v) is 31.1. The number of allylic oxidation sites excluding steroid dienone is 2. The molecule has 47 heavy (non-hydrogen) atoms. The van der Waals surface area contributed by atoms with Gasteiger partial charge in [0, 0.05) is 36.9 Å². The summed E-state index contributed by atoms with van der Waals surface area (Å²) in [7, 11) is -8.86. The van der Waals surface area contributed by atoms with Gasteiger partial charge in [-0.1, -0.05) is 43.3 Å². The summed E-state index contributed by atoms with van der Waals surface area (Å²) >= 11 is 0. The van der Waals surface area contributed by atoms with Crippen LogP contribution >= 0.6 is 0 Å². The molecule has 4 aromatic rings. The Labute approximate surface area is 317 Å². The average Bonchev–Trinajstić information content (AvgIpc) is 3.52. The molecule has 0 bridgehead atoms. The number of aryl methyl sites for hydroxylation is 2. The third kappa shape index (κ3) is 9.41. The minimum Gasteiger partial charge on any atom is -0.748 e. The van der Waals surface area contributed by atoms with Gasteiger partial charge in [-0.2, -0.15) is 9.83 Å². The van der Waals surface area contributed by atoms with Crippen molar-refractivity contribution in [1.29, 1.82) is 5.26 Å². The van der Waals surface area contributed by atoms with Crippen molar-refractivity contribution in [3.8, 4) is 22.9 Å². The Morgan fingerprint density at radius 1 is 0.979 bits per heavy atom. The van der Waals surface area contributed by atoms with E-state index in [9.17, 15) is 31.2 Å². The summed E-state index contributed by atoms with van der Waals surface area (Å²) in [5.41, 5.74) is 5.60. The minimum atomic E-state index is -4.52. The molecule has 240 valence electrons. The Kier molecular flexibility index (Phi) is 12.3. The van der Waals surface area contributed by atoms with Crippen LogP contribution < -0.4 is 65.6 Å². The van der Waals surface area contributed by atoms with Gasteiger partial charge in [0.15, 0.2) is 12.3 Å². The number of oxazole rings is 1. The second-order valence-corrected chi connectivity index (χ2v) is 14.0. The fourth-order valence-corrected chi connectivity index (χ4v) is 6.24. The molecule has 2 heterocycles. The van der Waals surface area contributed by atoms with Gasteiger partial charge in [-0.15, -0.1) is 0 Å². The maximum Gasteiger partial charge on any atom is 1.00 e. The van der Waals surface area contributed by atoms with E-state index in [0.29, 0.717) is 59.3 Å². The van der Waals surface area contributed by atoms with Gasteiger partial charge < -0.3 is 23.2 Å². The van der Waals surface area contributed by atoms with E-state index in [4.69, 9.17) is 9.15 Å². The maximum absolute atomic E-state index is 11.6. The van der Waals surface area contributed by atoms with Gasteiger partial charge in [0.25, 0.3) is 5.52 Å². The van der Waals surface area contributed by atoms with E-state index in [2.05, 4.69) is 6.07 Å². The molecule has 14 heteroatoms. The van der Waals surface area contributed by atoms with Gasteiger partial charge in [-0.25, -0.2) is 16.8 Å². The van der Waals surface area contributed by atoms with E-state index in [1.165, 1.54) is 0 Å². The molecular formula is C33H32KN3O8S2. The summed E-state index contributed by atoms with van der Waals surface area (Å²) in [6.45, 7) is 3.97. The van der Waals surface area contributed by atoms with Crippen molar-refractivity contribution in [2.24, 2.45) is 0 Å². The predicted octanol–water partition coefficient (Wildman–Crippen LogP) is 1.98. The van der Waals surface area contributed by atoms with Crippen molar-refractivity contribution in [3.63, 3.8) is 0 Å². The first kappa shape index (κ1) is 37.0. The summed E-state index contributed by atoms with van der Waals surface area (Å²) in [6, 6.07) is 20.9. The topological polar surface area (TPSA) is 168 Å². The first-order valence-electron chi connectivity index (χ1n) is 14.7. The van der Waals surface area contributed by atoms with E-state index in [-0.39, 0.29) is 64.4 Å². The second kappa shape index (κ2) is 15.6. The fourth-order valence-electron chi connectivity index (χ4n) is 5.27. The van der Waals surface area contributed by atoms with E-state index < -0.39 is 31.7 Å². The van der Waals surface area contributed by atoms with E-state index >= 15 is 0 Å². The molecule has 1 aromatic heterocycles. The first-order chi connectivity index (χ1) is 21.8. The van der Waals surface area contributed by atoms with Crippen LogP contribution in [-0.4, -0.2) is 44.0 Å². The Morgan fingerprint density at radius 2 is 1.70 bits per heavy atom. The van der Waals surface area contributed by atoms with Crippen LogP contribution in [0.3, 0.4) is 0 Å². The number of hydrogen-bond acceptors (Lipinski definition) is 10. The summed E-state index contributed by atoms with van der Waals surface area (Å²) in [4.78, 5) is 1.67. The number of unbranched alkanes of at least 4 members (excludes halogenated alkanes) is 1. The number of nitriles is 1. The number of fused-ring (bicyclic) bond motifs is 2. The van der Waals surface area contributed by atoms with Crippen molar-refractivity contribution < 1.29 is 91.0 Å². The maximum atomic E-state index is 11.6. The molecule has 0 spiro atoms. The third-order valence-electron chi connectivity index (χ3n) is 7.65. The average molecular weight is 702 g/mol. The van der Waals surface area contributed by atoms with E-state index in [0.717, 1.165) is 22.3 Å². The van der Waals surface area contributed by atoms with E-state index in [1.807, 2.05) is 66.9 Å². The second-order valence-electron chi connectivity index (χ2n) is 10.9. The standard InChI is InChI=1S/C33H33N3O8S2.K/c1-3-24(18-32-35(13-7-8-15-45(37,38)39)28-17-23(2)27(22-34)21-31(28)44-32)19-33-36(14-16-46(40,41)42)29-20-26(11-12-30(29)43-33)25-9-5-4-6-10-25;/h4-6,9-12,17-21H,3,7-8,13-16H2,1-2H3,(H-,37,38,39,40,41,42);/q;+1/p-1. The number of ether oxygens (including phenoxy) is 1. The van der Waals surface area contributed by atoms with Crippen molar-refractivity contribution >= 4 is 43.1 Å². The quantitative estimate of drug-likeness (QED) is 0.0922.